The summed E-state index contributed by atoms with van der Waals surface area (Å²) in [5.41, 5.74) is 2.48. The molecular formula is C26H31ClN6O2. The van der Waals surface area contributed by atoms with Gasteiger partial charge in [-0.3, -0.25) is 14.9 Å². The first-order valence-electron chi connectivity index (χ1n) is 12.2. The van der Waals surface area contributed by atoms with E-state index in [-0.39, 0.29) is 18.2 Å². The SMILES string of the molecule is Cc1nccc(C2CCC(N3N=CN4C(C(=O)OC(C)(C)C)=C5CC=C(Cl)C=C5N=CC43)CC2)n1. The molecule has 2 aliphatic carbocycles. The Kier molecular flexibility index (Phi) is 6.25. The van der Waals surface area contributed by atoms with Crippen LogP contribution in [0.25, 0.3) is 0 Å². The van der Waals surface area contributed by atoms with Gasteiger partial charge in [-0.15, -0.1) is 0 Å². The number of hydrogen-bond acceptors (Lipinski definition) is 8. The van der Waals surface area contributed by atoms with E-state index in [4.69, 9.17) is 26.4 Å². The van der Waals surface area contributed by atoms with E-state index < -0.39 is 5.60 Å². The van der Waals surface area contributed by atoms with Crippen molar-refractivity contribution in [2.75, 3.05) is 0 Å². The fraction of sp³-hybridized carbons (Fsp3) is 0.500. The van der Waals surface area contributed by atoms with Crippen molar-refractivity contribution < 1.29 is 9.53 Å². The number of hydrazone groups is 1. The molecule has 8 nitrogen and oxygen atoms in total. The Morgan fingerprint density at radius 3 is 2.69 bits per heavy atom. The van der Waals surface area contributed by atoms with Crippen molar-refractivity contribution in [1.29, 1.82) is 0 Å². The Balaban J connectivity index is 1.39. The van der Waals surface area contributed by atoms with E-state index in [1.807, 2.05) is 57.1 Å². The van der Waals surface area contributed by atoms with Gasteiger partial charge in [0.05, 0.1) is 5.70 Å². The molecule has 5 rings (SSSR count). The van der Waals surface area contributed by atoms with E-state index >= 15 is 0 Å². The largest absolute Gasteiger partial charge is 0.455 e. The van der Waals surface area contributed by atoms with E-state index in [1.165, 1.54) is 0 Å². The average molecular weight is 495 g/mol. The highest BCUT2D eigenvalue weighted by atomic mass is 35.5. The predicted octanol–water partition coefficient (Wildman–Crippen LogP) is 4.79. The van der Waals surface area contributed by atoms with Crippen LogP contribution >= 0.6 is 11.6 Å². The molecule has 1 unspecified atom stereocenters. The number of rotatable bonds is 3. The van der Waals surface area contributed by atoms with Crippen molar-refractivity contribution in [2.45, 2.75) is 83.5 Å². The Labute approximate surface area is 211 Å². The van der Waals surface area contributed by atoms with Gasteiger partial charge in [0, 0.05) is 40.7 Å². The van der Waals surface area contributed by atoms with E-state index in [0.717, 1.165) is 42.8 Å². The molecule has 0 aromatic carbocycles. The molecule has 0 amide bonds. The summed E-state index contributed by atoms with van der Waals surface area (Å²) in [6.07, 6.45) is 13.4. The third-order valence-electron chi connectivity index (χ3n) is 6.72. The number of ether oxygens (including phenoxy) is 1. The number of aryl methyl sites for hydroxylation is 1. The standard InChI is InChI=1S/C26H31ClN6O2/c1-16-28-12-11-21(31-16)17-5-8-19(9-6-17)33-23-14-29-22-13-18(27)7-10-20(22)24(32(23)15-30-33)25(34)35-26(2,3)4/h7,11-15,17,19,23H,5-6,8-10H2,1-4H3. The minimum atomic E-state index is -0.617. The molecule has 1 aromatic rings. The Morgan fingerprint density at radius 1 is 1.20 bits per heavy atom. The minimum absolute atomic E-state index is 0.243. The van der Waals surface area contributed by atoms with E-state index in [2.05, 4.69) is 15.0 Å². The molecule has 184 valence electrons. The van der Waals surface area contributed by atoms with Crippen molar-refractivity contribution in [3.8, 4) is 0 Å². The van der Waals surface area contributed by atoms with Gasteiger partial charge in [-0.1, -0.05) is 17.7 Å². The Bertz CT molecular complexity index is 1170. The first kappa shape index (κ1) is 23.7. The molecule has 1 atom stereocenters. The van der Waals surface area contributed by atoms with E-state index in [0.29, 0.717) is 28.8 Å². The van der Waals surface area contributed by atoms with Gasteiger partial charge in [0.2, 0.25) is 0 Å². The molecule has 1 aromatic heterocycles. The van der Waals surface area contributed by atoms with Gasteiger partial charge in [0.1, 0.15) is 23.5 Å². The molecule has 2 aliphatic heterocycles. The van der Waals surface area contributed by atoms with Crippen LogP contribution in [0.15, 0.2) is 56.5 Å². The number of carbonyl (C=O) groups is 1. The summed E-state index contributed by atoms with van der Waals surface area (Å²) in [6.45, 7) is 7.55. The molecule has 0 saturated heterocycles. The summed E-state index contributed by atoms with van der Waals surface area (Å²) in [5, 5.41) is 7.46. The number of allylic oxidation sites excluding steroid dienone is 4. The molecule has 35 heavy (non-hydrogen) atoms. The van der Waals surface area contributed by atoms with Gasteiger partial charge >= 0.3 is 5.97 Å². The molecule has 0 bridgehead atoms. The zero-order chi connectivity index (χ0) is 24.7. The lowest BCUT2D eigenvalue weighted by Gasteiger charge is -2.37. The van der Waals surface area contributed by atoms with Gasteiger partial charge in [-0.05, 0) is 71.9 Å². The maximum Gasteiger partial charge on any atom is 0.355 e. The zero-order valence-corrected chi connectivity index (χ0v) is 21.4. The quantitative estimate of drug-likeness (QED) is 0.562. The maximum atomic E-state index is 13.4. The van der Waals surface area contributed by atoms with Gasteiger partial charge in [0.15, 0.2) is 6.17 Å². The lowest BCUT2D eigenvalue weighted by Crippen LogP contribution is -2.47. The number of aliphatic imine (C=N–C) groups is 1. The van der Waals surface area contributed by atoms with Crippen molar-refractivity contribution in [3.63, 3.8) is 0 Å². The summed E-state index contributed by atoms with van der Waals surface area (Å²) < 4.78 is 5.80. The van der Waals surface area contributed by atoms with Crippen molar-refractivity contribution in [1.82, 2.24) is 19.9 Å². The summed E-state index contributed by atoms with van der Waals surface area (Å²) in [4.78, 5) is 28.9. The second-order valence-electron chi connectivity index (χ2n) is 10.4. The fourth-order valence-corrected chi connectivity index (χ4v) is 5.31. The molecule has 4 aliphatic rings. The smallest absolute Gasteiger partial charge is 0.355 e. The third kappa shape index (κ3) is 4.89. The van der Waals surface area contributed by atoms with Crippen molar-refractivity contribution in [2.24, 2.45) is 10.1 Å². The second-order valence-corrected chi connectivity index (χ2v) is 10.8. The van der Waals surface area contributed by atoms with Crippen molar-refractivity contribution in [3.05, 3.63) is 57.9 Å². The van der Waals surface area contributed by atoms with E-state index in [9.17, 15) is 4.79 Å². The monoisotopic (exact) mass is 494 g/mol. The fourth-order valence-electron chi connectivity index (χ4n) is 5.13. The van der Waals surface area contributed by atoms with Crippen LogP contribution in [0, 0.1) is 6.92 Å². The molecule has 9 heteroatoms. The molecule has 3 heterocycles. The van der Waals surface area contributed by atoms with E-state index in [1.54, 1.807) is 12.4 Å². The lowest BCUT2D eigenvalue weighted by atomic mass is 9.83. The van der Waals surface area contributed by atoms with Gasteiger partial charge in [0.25, 0.3) is 0 Å². The highest BCUT2D eigenvalue weighted by molar-refractivity contribution is 6.31. The molecular weight excluding hydrogens is 464 g/mol. The third-order valence-corrected chi connectivity index (χ3v) is 6.98. The Hall–Kier alpha value is -3.00. The van der Waals surface area contributed by atoms with Crippen LogP contribution in [0.3, 0.4) is 0 Å². The molecule has 0 spiro atoms. The molecule has 0 radical (unpaired) electrons. The van der Waals surface area contributed by atoms with Gasteiger partial charge in [-0.25, -0.2) is 14.8 Å². The highest BCUT2D eigenvalue weighted by Crippen LogP contribution is 2.39. The predicted molar refractivity (Wildman–Crippen MR) is 136 cm³/mol. The van der Waals surface area contributed by atoms with Crippen LogP contribution in [0.2, 0.25) is 0 Å². The average Bonchev–Trinajstić information content (AvgIpc) is 3.14. The molecule has 1 saturated carbocycles. The summed E-state index contributed by atoms with van der Waals surface area (Å²) in [5.74, 6) is 0.864. The number of halogens is 1. The number of aromatic nitrogens is 2. The van der Waals surface area contributed by atoms with Crippen LogP contribution in [0.4, 0.5) is 0 Å². The number of fused-ring (bicyclic) bond motifs is 2. The highest BCUT2D eigenvalue weighted by Gasteiger charge is 2.41. The molecule has 0 N–H and O–H groups in total. The number of esters is 1. The van der Waals surface area contributed by atoms with Crippen LogP contribution in [0.1, 0.15) is 70.3 Å². The maximum absolute atomic E-state index is 13.4. The van der Waals surface area contributed by atoms with Crippen molar-refractivity contribution >= 4 is 30.1 Å². The van der Waals surface area contributed by atoms with Gasteiger partial charge < -0.3 is 4.74 Å². The Morgan fingerprint density at radius 2 is 1.97 bits per heavy atom. The number of hydrogen-bond donors (Lipinski definition) is 0. The topological polar surface area (TPSA) is 83.3 Å². The van der Waals surface area contributed by atoms with Crippen LogP contribution in [0.5, 0.6) is 0 Å². The summed E-state index contributed by atoms with van der Waals surface area (Å²) >= 11 is 6.28. The first-order chi connectivity index (χ1) is 16.7. The minimum Gasteiger partial charge on any atom is -0.455 e. The van der Waals surface area contributed by atoms with Crippen LogP contribution in [-0.2, 0) is 9.53 Å². The first-order valence-corrected chi connectivity index (χ1v) is 12.6. The number of nitrogens with zero attached hydrogens (tertiary/aromatic N) is 6. The zero-order valence-electron chi connectivity index (χ0n) is 20.6. The van der Waals surface area contributed by atoms with Crippen LogP contribution in [-0.4, -0.2) is 56.2 Å². The number of carbonyl (C=O) groups excluding carboxylic acids is 1. The summed E-state index contributed by atoms with van der Waals surface area (Å²) in [6, 6.07) is 2.27. The summed E-state index contributed by atoms with van der Waals surface area (Å²) in [7, 11) is 0. The van der Waals surface area contributed by atoms with Crippen LogP contribution < -0.4 is 0 Å². The molecule has 1 fully saturated rings. The normalized spacial score (nSPS) is 26.1. The lowest BCUT2D eigenvalue weighted by molar-refractivity contribution is -0.151. The van der Waals surface area contributed by atoms with Gasteiger partial charge in [-0.2, -0.15) is 5.10 Å². The second kappa shape index (κ2) is 9.22.